The second-order valence-corrected chi connectivity index (χ2v) is 6.28. The Morgan fingerprint density at radius 1 is 1.19 bits per heavy atom. The second-order valence-electron chi connectivity index (χ2n) is 5.84. The van der Waals surface area contributed by atoms with Gasteiger partial charge in [0, 0.05) is 42.9 Å². The molecule has 1 saturated heterocycles. The Bertz CT molecular complexity index is 484. The fraction of sp³-hybridized carbons (Fsp3) is 0.562. The molecule has 1 aliphatic rings. The minimum absolute atomic E-state index is 0.0751. The number of nitrogens with one attached hydrogen (secondary N) is 1. The van der Waals surface area contributed by atoms with Gasteiger partial charge in [-0.25, -0.2) is 0 Å². The van der Waals surface area contributed by atoms with Crippen LogP contribution in [-0.2, 0) is 4.79 Å². The molecule has 4 nitrogen and oxygen atoms in total. The van der Waals surface area contributed by atoms with Crippen molar-refractivity contribution in [1.82, 2.24) is 10.2 Å². The SMILES string of the molecule is CC(C)NC(=O)[C@H](C)N1CCN(c2cccc(Cl)c2)CC1. The first kappa shape index (κ1) is 16.1. The number of anilines is 1. The molecule has 0 aromatic heterocycles. The highest BCUT2D eigenvalue weighted by Crippen LogP contribution is 2.21. The molecule has 0 spiro atoms. The van der Waals surface area contributed by atoms with E-state index in [2.05, 4.69) is 21.2 Å². The maximum absolute atomic E-state index is 12.1. The van der Waals surface area contributed by atoms with Crippen LogP contribution in [0.5, 0.6) is 0 Å². The van der Waals surface area contributed by atoms with E-state index in [0.717, 1.165) is 36.9 Å². The third-order valence-corrected chi connectivity index (χ3v) is 4.08. The summed E-state index contributed by atoms with van der Waals surface area (Å²) in [6.07, 6.45) is 0. The van der Waals surface area contributed by atoms with E-state index >= 15 is 0 Å². The number of halogens is 1. The summed E-state index contributed by atoms with van der Waals surface area (Å²) in [5, 5.41) is 3.74. The molecule has 0 aliphatic carbocycles. The van der Waals surface area contributed by atoms with Crippen LogP contribution in [0.3, 0.4) is 0 Å². The van der Waals surface area contributed by atoms with Crippen LogP contribution in [0.1, 0.15) is 20.8 Å². The summed E-state index contributed by atoms with van der Waals surface area (Å²) in [4.78, 5) is 16.6. The van der Waals surface area contributed by atoms with Crippen LogP contribution in [0.15, 0.2) is 24.3 Å². The first-order valence-corrected chi connectivity index (χ1v) is 7.90. The van der Waals surface area contributed by atoms with E-state index in [-0.39, 0.29) is 18.0 Å². The third kappa shape index (κ3) is 4.35. The largest absolute Gasteiger partial charge is 0.369 e. The van der Waals surface area contributed by atoms with Gasteiger partial charge in [-0.15, -0.1) is 0 Å². The predicted molar refractivity (Wildman–Crippen MR) is 88.0 cm³/mol. The minimum Gasteiger partial charge on any atom is -0.369 e. The van der Waals surface area contributed by atoms with Crippen LogP contribution in [0, 0.1) is 0 Å². The van der Waals surface area contributed by atoms with E-state index < -0.39 is 0 Å². The normalized spacial score (nSPS) is 17.9. The molecule has 1 aliphatic heterocycles. The summed E-state index contributed by atoms with van der Waals surface area (Å²) >= 11 is 6.04. The van der Waals surface area contributed by atoms with Crippen molar-refractivity contribution in [2.24, 2.45) is 0 Å². The number of amides is 1. The van der Waals surface area contributed by atoms with Gasteiger partial charge >= 0.3 is 0 Å². The number of hydrogen-bond donors (Lipinski definition) is 1. The Kier molecular flexibility index (Phi) is 5.48. The number of benzene rings is 1. The van der Waals surface area contributed by atoms with Gasteiger partial charge in [-0.1, -0.05) is 17.7 Å². The fourth-order valence-corrected chi connectivity index (χ4v) is 2.80. The lowest BCUT2D eigenvalue weighted by molar-refractivity contribution is -0.126. The van der Waals surface area contributed by atoms with E-state index in [0.29, 0.717) is 0 Å². The molecule has 0 unspecified atom stereocenters. The van der Waals surface area contributed by atoms with Crippen LogP contribution in [0.2, 0.25) is 5.02 Å². The molecule has 1 heterocycles. The first-order valence-electron chi connectivity index (χ1n) is 7.52. The van der Waals surface area contributed by atoms with Crippen LogP contribution in [-0.4, -0.2) is 49.1 Å². The first-order chi connectivity index (χ1) is 9.97. The standard InChI is InChI=1S/C16H24ClN3O/c1-12(2)18-16(21)13(3)19-7-9-20(10-8-19)15-6-4-5-14(17)11-15/h4-6,11-13H,7-10H2,1-3H3,(H,18,21)/t13-/m0/s1. The Labute approximate surface area is 132 Å². The highest BCUT2D eigenvalue weighted by Gasteiger charge is 2.25. The minimum atomic E-state index is -0.0751. The molecular weight excluding hydrogens is 286 g/mol. The Balaban J connectivity index is 1.89. The molecule has 0 saturated carbocycles. The summed E-state index contributed by atoms with van der Waals surface area (Å²) in [5.41, 5.74) is 1.15. The number of hydrogen-bond acceptors (Lipinski definition) is 3. The smallest absolute Gasteiger partial charge is 0.237 e. The number of carbonyl (C=O) groups is 1. The van der Waals surface area contributed by atoms with E-state index in [1.54, 1.807) is 0 Å². The van der Waals surface area contributed by atoms with Gasteiger partial charge in [-0.2, -0.15) is 0 Å². The van der Waals surface area contributed by atoms with E-state index in [9.17, 15) is 4.79 Å². The number of rotatable bonds is 4. The van der Waals surface area contributed by atoms with Crippen LogP contribution in [0.25, 0.3) is 0 Å². The van der Waals surface area contributed by atoms with Gasteiger partial charge in [0.05, 0.1) is 6.04 Å². The second kappa shape index (κ2) is 7.14. The average Bonchev–Trinajstić information content (AvgIpc) is 2.46. The lowest BCUT2D eigenvalue weighted by Gasteiger charge is -2.38. The van der Waals surface area contributed by atoms with E-state index in [1.807, 2.05) is 39.0 Å². The maximum atomic E-state index is 12.1. The van der Waals surface area contributed by atoms with Crippen molar-refractivity contribution >= 4 is 23.2 Å². The molecule has 5 heteroatoms. The number of piperazine rings is 1. The van der Waals surface area contributed by atoms with E-state index in [4.69, 9.17) is 11.6 Å². The van der Waals surface area contributed by atoms with Crippen molar-refractivity contribution in [3.63, 3.8) is 0 Å². The van der Waals surface area contributed by atoms with Crippen molar-refractivity contribution < 1.29 is 4.79 Å². The molecule has 1 N–H and O–H groups in total. The summed E-state index contributed by atoms with van der Waals surface area (Å²) < 4.78 is 0. The van der Waals surface area contributed by atoms with Crippen LogP contribution >= 0.6 is 11.6 Å². The molecule has 1 fully saturated rings. The molecule has 21 heavy (non-hydrogen) atoms. The molecule has 1 aromatic rings. The fourth-order valence-electron chi connectivity index (χ4n) is 2.61. The van der Waals surface area contributed by atoms with Crippen molar-refractivity contribution in [2.75, 3.05) is 31.1 Å². The van der Waals surface area contributed by atoms with Gasteiger partial charge in [0.25, 0.3) is 0 Å². The van der Waals surface area contributed by atoms with Gasteiger partial charge in [0.15, 0.2) is 0 Å². The zero-order valence-electron chi connectivity index (χ0n) is 13.0. The average molecular weight is 310 g/mol. The molecule has 1 atom stereocenters. The Hall–Kier alpha value is -1.26. The highest BCUT2D eigenvalue weighted by atomic mass is 35.5. The molecule has 0 bridgehead atoms. The van der Waals surface area contributed by atoms with Gasteiger partial charge in [-0.3, -0.25) is 9.69 Å². The van der Waals surface area contributed by atoms with Crippen LogP contribution in [0.4, 0.5) is 5.69 Å². The molecule has 0 radical (unpaired) electrons. The van der Waals surface area contributed by atoms with E-state index in [1.165, 1.54) is 0 Å². The third-order valence-electron chi connectivity index (χ3n) is 3.85. The van der Waals surface area contributed by atoms with Gasteiger partial charge in [0.2, 0.25) is 5.91 Å². The van der Waals surface area contributed by atoms with Gasteiger partial charge in [0.1, 0.15) is 0 Å². The topological polar surface area (TPSA) is 35.6 Å². The molecule has 1 amide bonds. The maximum Gasteiger partial charge on any atom is 0.237 e. The van der Waals surface area contributed by atoms with Gasteiger partial charge in [-0.05, 0) is 39.0 Å². The molecule has 116 valence electrons. The van der Waals surface area contributed by atoms with Crippen molar-refractivity contribution in [2.45, 2.75) is 32.9 Å². The lowest BCUT2D eigenvalue weighted by Crippen LogP contribution is -2.54. The van der Waals surface area contributed by atoms with Gasteiger partial charge < -0.3 is 10.2 Å². The van der Waals surface area contributed by atoms with Crippen LogP contribution < -0.4 is 10.2 Å². The Morgan fingerprint density at radius 3 is 2.43 bits per heavy atom. The lowest BCUT2D eigenvalue weighted by atomic mass is 10.2. The Morgan fingerprint density at radius 2 is 1.86 bits per heavy atom. The summed E-state index contributed by atoms with van der Waals surface area (Å²) in [7, 11) is 0. The molecule has 2 rings (SSSR count). The zero-order valence-corrected chi connectivity index (χ0v) is 13.7. The number of nitrogens with zero attached hydrogens (tertiary/aromatic N) is 2. The summed E-state index contributed by atoms with van der Waals surface area (Å²) in [5.74, 6) is 0.112. The highest BCUT2D eigenvalue weighted by molar-refractivity contribution is 6.30. The summed E-state index contributed by atoms with van der Waals surface area (Å²) in [6, 6.07) is 8.05. The molecule has 1 aromatic carbocycles. The summed E-state index contributed by atoms with van der Waals surface area (Å²) in [6.45, 7) is 9.56. The monoisotopic (exact) mass is 309 g/mol. The zero-order chi connectivity index (χ0) is 15.4. The van der Waals surface area contributed by atoms with Crippen molar-refractivity contribution in [3.8, 4) is 0 Å². The van der Waals surface area contributed by atoms with Crippen molar-refractivity contribution in [3.05, 3.63) is 29.3 Å². The molecular formula is C16H24ClN3O. The number of carbonyl (C=O) groups excluding carboxylic acids is 1. The predicted octanol–water partition coefficient (Wildman–Crippen LogP) is 2.38. The quantitative estimate of drug-likeness (QED) is 0.927. The van der Waals surface area contributed by atoms with Crippen molar-refractivity contribution in [1.29, 1.82) is 0 Å².